The molecule has 0 saturated heterocycles. The molecule has 2 N–H and O–H groups in total. The SMILES string of the molecule is Cc1cc(C(=O)NCC(=O)O)c(C)n1Cc1ccccn1. The second-order valence-corrected chi connectivity index (χ2v) is 4.77. The summed E-state index contributed by atoms with van der Waals surface area (Å²) in [5.41, 5.74) is 3.11. The van der Waals surface area contributed by atoms with E-state index in [1.165, 1.54) is 0 Å². The van der Waals surface area contributed by atoms with Crippen LogP contribution in [0.3, 0.4) is 0 Å². The summed E-state index contributed by atoms with van der Waals surface area (Å²) in [6.45, 7) is 3.93. The van der Waals surface area contributed by atoms with Gasteiger partial charge in [0.05, 0.1) is 17.8 Å². The Hall–Kier alpha value is -2.63. The number of amides is 1. The molecule has 0 atom stereocenters. The molecule has 2 heterocycles. The predicted octanol–water partition coefficient (Wildman–Crippen LogP) is 1.36. The van der Waals surface area contributed by atoms with Crippen molar-refractivity contribution >= 4 is 11.9 Å². The molecule has 6 nitrogen and oxygen atoms in total. The van der Waals surface area contributed by atoms with Crippen molar-refractivity contribution in [2.45, 2.75) is 20.4 Å². The van der Waals surface area contributed by atoms with Crippen molar-refractivity contribution in [3.8, 4) is 0 Å². The van der Waals surface area contributed by atoms with Crippen LogP contribution in [0.25, 0.3) is 0 Å². The van der Waals surface area contributed by atoms with Gasteiger partial charge in [0.1, 0.15) is 6.54 Å². The maximum atomic E-state index is 12.0. The Bertz CT molecular complexity index is 662. The number of aromatic nitrogens is 2. The largest absolute Gasteiger partial charge is 0.480 e. The molecule has 2 aromatic rings. The Morgan fingerprint density at radius 1 is 1.33 bits per heavy atom. The molecule has 0 aliphatic heterocycles. The molecule has 0 aliphatic carbocycles. The minimum atomic E-state index is -1.06. The first kappa shape index (κ1) is 14.8. The second-order valence-electron chi connectivity index (χ2n) is 4.77. The fourth-order valence-corrected chi connectivity index (χ4v) is 2.18. The van der Waals surface area contributed by atoms with E-state index in [4.69, 9.17) is 5.11 Å². The Morgan fingerprint density at radius 2 is 2.10 bits per heavy atom. The van der Waals surface area contributed by atoms with Gasteiger partial charge in [0.15, 0.2) is 0 Å². The zero-order chi connectivity index (χ0) is 15.4. The summed E-state index contributed by atoms with van der Waals surface area (Å²) in [5, 5.41) is 11.0. The van der Waals surface area contributed by atoms with Crippen LogP contribution in [0.15, 0.2) is 30.5 Å². The van der Waals surface area contributed by atoms with Gasteiger partial charge in [-0.05, 0) is 32.0 Å². The number of nitrogens with zero attached hydrogens (tertiary/aromatic N) is 2. The van der Waals surface area contributed by atoms with Crippen LogP contribution >= 0.6 is 0 Å². The first-order chi connectivity index (χ1) is 9.99. The average molecular weight is 287 g/mol. The van der Waals surface area contributed by atoms with Crippen LogP contribution in [0.5, 0.6) is 0 Å². The summed E-state index contributed by atoms with van der Waals surface area (Å²) in [7, 11) is 0. The van der Waals surface area contributed by atoms with Gasteiger partial charge in [-0.15, -0.1) is 0 Å². The highest BCUT2D eigenvalue weighted by molar-refractivity contribution is 5.97. The molecule has 0 unspecified atom stereocenters. The van der Waals surface area contributed by atoms with E-state index in [1.54, 1.807) is 12.3 Å². The number of rotatable bonds is 5. The number of hydrogen-bond donors (Lipinski definition) is 2. The van der Waals surface area contributed by atoms with Crippen molar-refractivity contribution in [1.82, 2.24) is 14.9 Å². The number of carboxylic acids is 1. The lowest BCUT2D eigenvalue weighted by Gasteiger charge is -2.09. The van der Waals surface area contributed by atoms with Crippen LogP contribution in [0.2, 0.25) is 0 Å². The van der Waals surface area contributed by atoms with E-state index in [2.05, 4.69) is 10.3 Å². The maximum Gasteiger partial charge on any atom is 0.322 e. The van der Waals surface area contributed by atoms with E-state index in [9.17, 15) is 9.59 Å². The van der Waals surface area contributed by atoms with Crippen molar-refractivity contribution < 1.29 is 14.7 Å². The standard InChI is InChI=1S/C15H17N3O3/c1-10-7-13(15(21)17-8-14(19)20)11(2)18(10)9-12-5-3-4-6-16-12/h3-7H,8-9H2,1-2H3,(H,17,21)(H,19,20). The van der Waals surface area contributed by atoms with Crippen LogP contribution in [-0.4, -0.2) is 33.1 Å². The number of carboxylic acid groups (broad SMARTS) is 1. The van der Waals surface area contributed by atoms with Crippen molar-refractivity contribution in [3.05, 3.63) is 53.1 Å². The number of carbonyl (C=O) groups excluding carboxylic acids is 1. The van der Waals surface area contributed by atoms with Crippen LogP contribution in [0.4, 0.5) is 0 Å². The van der Waals surface area contributed by atoms with E-state index >= 15 is 0 Å². The van der Waals surface area contributed by atoms with Gasteiger partial charge in [-0.1, -0.05) is 6.07 Å². The number of aryl methyl sites for hydroxylation is 1. The summed E-state index contributed by atoms with van der Waals surface area (Å²) in [6, 6.07) is 7.44. The zero-order valence-electron chi connectivity index (χ0n) is 12.0. The molecule has 0 saturated carbocycles. The van der Waals surface area contributed by atoms with Gasteiger partial charge in [0, 0.05) is 17.6 Å². The maximum absolute atomic E-state index is 12.0. The van der Waals surface area contributed by atoms with Gasteiger partial charge in [0.2, 0.25) is 0 Å². The second kappa shape index (κ2) is 6.21. The molecule has 0 fully saturated rings. The molecule has 1 amide bonds. The molecular formula is C15H17N3O3. The van der Waals surface area contributed by atoms with Crippen molar-refractivity contribution in [2.24, 2.45) is 0 Å². The molecule has 6 heteroatoms. The van der Waals surface area contributed by atoms with E-state index in [0.29, 0.717) is 12.1 Å². The Kier molecular flexibility index (Phi) is 4.37. The molecule has 21 heavy (non-hydrogen) atoms. The highest BCUT2D eigenvalue weighted by atomic mass is 16.4. The molecule has 0 spiro atoms. The summed E-state index contributed by atoms with van der Waals surface area (Å²) in [5.74, 6) is -1.44. The van der Waals surface area contributed by atoms with Crippen LogP contribution in [0, 0.1) is 13.8 Å². The Balaban J connectivity index is 2.21. The minimum absolute atomic E-state index is 0.377. The highest BCUT2D eigenvalue weighted by Crippen LogP contribution is 2.16. The number of carbonyl (C=O) groups is 2. The van der Waals surface area contributed by atoms with Gasteiger partial charge in [-0.3, -0.25) is 14.6 Å². The third-order valence-electron chi connectivity index (χ3n) is 3.26. The van der Waals surface area contributed by atoms with Crippen molar-refractivity contribution in [1.29, 1.82) is 0 Å². The fraction of sp³-hybridized carbons (Fsp3) is 0.267. The number of nitrogens with one attached hydrogen (secondary N) is 1. The first-order valence-corrected chi connectivity index (χ1v) is 6.55. The summed E-state index contributed by atoms with van der Waals surface area (Å²) in [6.07, 6.45) is 1.73. The topological polar surface area (TPSA) is 84.2 Å². The summed E-state index contributed by atoms with van der Waals surface area (Å²) in [4.78, 5) is 26.8. The van der Waals surface area contributed by atoms with Gasteiger partial charge in [0.25, 0.3) is 5.91 Å². The smallest absolute Gasteiger partial charge is 0.322 e. The summed E-state index contributed by atoms with van der Waals surface area (Å²) < 4.78 is 1.98. The first-order valence-electron chi connectivity index (χ1n) is 6.55. The van der Waals surface area contributed by atoms with Crippen LogP contribution in [-0.2, 0) is 11.3 Å². The van der Waals surface area contributed by atoms with Crippen LogP contribution in [0.1, 0.15) is 27.4 Å². The lowest BCUT2D eigenvalue weighted by Crippen LogP contribution is -2.29. The summed E-state index contributed by atoms with van der Waals surface area (Å²) >= 11 is 0. The Morgan fingerprint density at radius 3 is 2.71 bits per heavy atom. The highest BCUT2D eigenvalue weighted by Gasteiger charge is 2.16. The molecule has 2 aromatic heterocycles. The van der Waals surface area contributed by atoms with Gasteiger partial charge >= 0.3 is 5.97 Å². The minimum Gasteiger partial charge on any atom is -0.480 e. The molecule has 110 valence electrons. The lowest BCUT2D eigenvalue weighted by atomic mass is 10.2. The molecule has 0 aliphatic rings. The van der Waals surface area contributed by atoms with Crippen molar-refractivity contribution in [3.63, 3.8) is 0 Å². The quantitative estimate of drug-likeness (QED) is 0.869. The molecule has 0 radical (unpaired) electrons. The molecule has 0 bridgehead atoms. The van der Waals surface area contributed by atoms with E-state index in [-0.39, 0.29) is 12.5 Å². The Labute approximate surface area is 122 Å². The molecular weight excluding hydrogens is 270 g/mol. The average Bonchev–Trinajstić information content (AvgIpc) is 2.74. The van der Waals surface area contributed by atoms with E-state index in [0.717, 1.165) is 17.1 Å². The van der Waals surface area contributed by atoms with Gasteiger partial charge in [-0.25, -0.2) is 0 Å². The van der Waals surface area contributed by atoms with E-state index < -0.39 is 5.97 Å². The number of hydrogen-bond acceptors (Lipinski definition) is 3. The third kappa shape index (κ3) is 3.47. The third-order valence-corrected chi connectivity index (χ3v) is 3.26. The number of aliphatic carboxylic acids is 1. The zero-order valence-corrected chi connectivity index (χ0v) is 12.0. The number of pyridine rings is 1. The molecule has 2 rings (SSSR count). The monoisotopic (exact) mass is 287 g/mol. The fourth-order valence-electron chi connectivity index (χ4n) is 2.18. The van der Waals surface area contributed by atoms with Crippen LogP contribution < -0.4 is 5.32 Å². The normalized spacial score (nSPS) is 10.4. The van der Waals surface area contributed by atoms with E-state index in [1.807, 2.05) is 36.6 Å². The van der Waals surface area contributed by atoms with Gasteiger partial charge < -0.3 is 15.0 Å². The van der Waals surface area contributed by atoms with Gasteiger partial charge in [-0.2, -0.15) is 0 Å². The predicted molar refractivity (Wildman–Crippen MR) is 77.2 cm³/mol. The lowest BCUT2D eigenvalue weighted by molar-refractivity contribution is -0.135. The molecule has 0 aromatic carbocycles. The van der Waals surface area contributed by atoms with Crippen molar-refractivity contribution in [2.75, 3.05) is 6.54 Å².